The van der Waals surface area contributed by atoms with E-state index in [9.17, 15) is 0 Å². The topological polar surface area (TPSA) is 26.0 Å². The van der Waals surface area contributed by atoms with Crippen LogP contribution in [0.25, 0.3) is 0 Å². The van der Waals surface area contributed by atoms with Crippen LogP contribution in [0.2, 0.25) is 0 Å². The Morgan fingerprint density at radius 2 is 2.55 bits per heavy atom. The Kier molecular flexibility index (Phi) is 1.64. The van der Waals surface area contributed by atoms with Crippen molar-refractivity contribution in [1.82, 2.24) is 5.16 Å². The molecule has 1 atom stereocenters. The molecule has 0 amide bonds. The molecule has 2 rings (SSSR count). The van der Waals surface area contributed by atoms with E-state index in [1.165, 1.54) is 12.0 Å². The van der Waals surface area contributed by atoms with E-state index in [0.717, 1.165) is 17.9 Å². The van der Waals surface area contributed by atoms with E-state index in [1.54, 1.807) is 0 Å². The van der Waals surface area contributed by atoms with Crippen molar-refractivity contribution >= 4 is 11.6 Å². The summed E-state index contributed by atoms with van der Waals surface area (Å²) in [5.74, 6) is 2.07. The maximum atomic E-state index is 5.68. The summed E-state index contributed by atoms with van der Waals surface area (Å²) in [5, 5.41) is 3.90. The number of rotatable bonds is 1. The number of hydrogen-bond acceptors (Lipinski definition) is 2. The summed E-state index contributed by atoms with van der Waals surface area (Å²) >= 11 is 5.68. The number of nitrogens with zero attached hydrogens (tertiary/aromatic N) is 1. The van der Waals surface area contributed by atoms with Crippen molar-refractivity contribution in [2.45, 2.75) is 31.6 Å². The molecule has 0 radical (unpaired) electrons. The molecular weight excluding hydrogens is 162 g/mol. The lowest BCUT2D eigenvalue weighted by atomic mass is 10.1. The zero-order valence-electron chi connectivity index (χ0n) is 6.43. The largest absolute Gasteiger partial charge is 0.361 e. The van der Waals surface area contributed by atoms with Crippen LogP contribution in [0.5, 0.6) is 0 Å². The van der Waals surface area contributed by atoms with Crippen LogP contribution in [0.4, 0.5) is 0 Å². The monoisotopic (exact) mass is 171 g/mol. The average molecular weight is 172 g/mol. The Bertz CT molecular complexity index is 269. The third-order valence-electron chi connectivity index (χ3n) is 2.30. The molecule has 1 aliphatic carbocycles. The van der Waals surface area contributed by atoms with E-state index < -0.39 is 0 Å². The highest BCUT2D eigenvalue weighted by molar-refractivity contribution is 6.17. The molecule has 0 saturated heterocycles. The molecular formula is C8H10ClNO. The van der Waals surface area contributed by atoms with Crippen molar-refractivity contribution in [2.75, 3.05) is 0 Å². The van der Waals surface area contributed by atoms with Gasteiger partial charge < -0.3 is 4.52 Å². The predicted octanol–water partition coefficient (Wildman–Crippen LogP) is 2.46. The lowest BCUT2D eigenvalue weighted by molar-refractivity contribution is 0.364. The van der Waals surface area contributed by atoms with Crippen LogP contribution in [-0.2, 0) is 12.3 Å². The summed E-state index contributed by atoms with van der Waals surface area (Å²) in [5.41, 5.74) is 2.19. The lowest BCUT2D eigenvalue weighted by Gasteiger charge is -1.93. The van der Waals surface area contributed by atoms with Crippen molar-refractivity contribution in [3.63, 3.8) is 0 Å². The van der Waals surface area contributed by atoms with Crippen molar-refractivity contribution < 1.29 is 4.52 Å². The molecule has 60 valence electrons. The molecule has 1 aliphatic rings. The van der Waals surface area contributed by atoms with Gasteiger partial charge in [-0.2, -0.15) is 0 Å². The van der Waals surface area contributed by atoms with Gasteiger partial charge in [-0.25, -0.2) is 0 Å². The molecule has 3 heteroatoms. The summed E-state index contributed by atoms with van der Waals surface area (Å²) in [7, 11) is 0. The normalized spacial score (nSPS) is 22.2. The minimum atomic E-state index is 0.478. The number of aromatic nitrogens is 1. The van der Waals surface area contributed by atoms with Gasteiger partial charge in [0.2, 0.25) is 0 Å². The quantitative estimate of drug-likeness (QED) is 0.607. The molecule has 1 unspecified atom stereocenters. The van der Waals surface area contributed by atoms with Crippen molar-refractivity contribution in [3.05, 3.63) is 17.0 Å². The molecule has 0 spiro atoms. The maximum Gasteiger partial charge on any atom is 0.143 e. The van der Waals surface area contributed by atoms with Gasteiger partial charge in [0, 0.05) is 11.5 Å². The van der Waals surface area contributed by atoms with Gasteiger partial charge in [-0.15, -0.1) is 11.6 Å². The van der Waals surface area contributed by atoms with Crippen LogP contribution in [0.15, 0.2) is 4.52 Å². The Balaban J connectivity index is 2.44. The molecule has 11 heavy (non-hydrogen) atoms. The molecule has 1 heterocycles. The number of halogens is 1. The molecule has 0 aliphatic heterocycles. The van der Waals surface area contributed by atoms with Gasteiger partial charge in [0.15, 0.2) is 0 Å². The molecule has 1 aromatic heterocycles. The molecule has 1 aromatic rings. The highest BCUT2D eigenvalue weighted by Crippen LogP contribution is 2.34. The average Bonchev–Trinajstić information content (AvgIpc) is 2.53. The smallest absolute Gasteiger partial charge is 0.143 e. The van der Waals surface area contributed by atoms with Crippen LogP contribution >= 0.6 is 11.6 Å². The summed E-state index contributed by atoms with van der Waals surface area (Å²) < 4.78 is 5.18. The third kappa shape index (κ3) is 0.968. The van der Waals surface area contributed by atoms with Gasteiger partial charge in [-0.3, -0.25) is 0 Å². The highest BCUT2D eigenvalue weighted by atomic mass is 35.5. The first-order valence-electron chi connectivity index (χ1n) is 3.86. The van der Waals surface area contributed by atoms with Gasteiger partial charge in [0.25, 0.3) is 0 Å². The maximum absolute atomic E-state index is 5.68. The van der Waals surface area contributed by atoms with Crippen LogP contribution in [0.1, 0.15) is 36.3 Å². The van der Waals surface area contributed by atoms with Crippen LogP contribution in [0.3, 0.4) is 0 Å². The highest BCUT2D eigenvalue weighted by Gasteiger charge is 2.26. The Labute approximate surface area is 70.5 Å². The van der Waals surface area contributed by atoms with Crippen LogP contribution in [0, 0.1) is 0 Å². The fourth-order valence-corrected chi connectivity index (χ4v) is 1.82. The number of alkyl halides is 1. The van der Waals surface area contributed by atoms with Gasteiger partial charge in [-0.05, 0) is 12.8 Å². The number of hydrogen-bond donors (Lipinski definition) is 0. The Morgan fingerprint density at radius 3 is 3.27 bits per heavy atom. The zero-order valence-corrected chi connectivity index (χ0v) is 7.19. The summed E-state index contributed by atoms with van der Waals surface area (Å²) in [6, 6.07) is 0. The predicted molar refractivity (Wildman–Crippen MR) is 42.8 cm³/mol. The van der Waals surface area contributed by atoms with Crippen molar-refractivity contribution in [1.29, 1.82) is 0 Å². The first kappa shape index (κ1) is 7.17. The Hall–Kier alpha value is -0.500. The molecule has 0 fully saturated rings. The van der Waals surface area contributed by atoms with E-state index in [4.69, 9.17) is 16.1 Å². The van der Waals surface area contributed by atoms with E-state index in [0.29, 0.717) is 11.8 Å². The second-order valence-corrected chi connectivity index (χ2v) is 3.31. The molecule has 0 aromatic carbocycles. The number of fused-ring (bicyclic) bond motifs is 1. The van der Waals surface area contributed by atoms with E-state index >= 15 is 0 Å². The van der Waals surface area contributed by atoms with Crippen LogP contribution in [-0.4, -0.2) is 5.16 Å². The minimum absolute atomic E-state index is 0.478. The zero-order chi connectivity index (χ0) is 7.84. The van der Waals surface area contributed by atoms with Crippen molar-refractivity contribution in [3.8, 4) is 0 Å². The molecule has 0 saturated carbocycles. The molecule has 0 bridgehead atoms. The second-order valence-electron chi connectivity index (χ2n) is 3.05. The molecule has 0 N–H and O–H groups in total. The Morgan fingerprint density at radius 1 is 1.73 bits per heavy atom. The lowest BCUT2D eigenvalue weighted by Crippen LogP contribution is -1.83. The third-order valence-corrected chi connectivity index (χ3v) is 2.55. The van der Waals surface area contributed by atoms with Gasteiger partial charge in [0.1, 0.15) is 11.5 Å². The standard InChI is InChI=1S/C8H10ClNO/c1-5-2-3-6-7(4-9)10-11-8(5)6/h5H,2-4H2,1H3. The molecule has 2 nitrogen and oxygen atoms in total. The van der Waals surface area contributed by atoms with Gasteiger partial charge in [0.05, 0.1) is 5.88 Å². The van der Waals surface area contributed by atoms with E-state index in [1.807, 2.05) is 0 Å². The van der Waals surface area contributed by atoms with Gasteiger partial charge >= 0.3 is 0 Å². The second kappa shape index (κ2) is 2.52. The first-order chi connectivity index (χ1) is 5.33. The van der Waals surface area contributed by atoms with Crippen molar-refractivity contribution in [2.24, 2.45) is 0 Å². The SMILES string of the molecule is CC1CCc2c(CCl)noc21. The van der Waals surface area contributed by atoms with Crippen LogP contribution < -0.4 is 0 Å². The summed E-state index contributed by atoms with van der Waals surface area (Å²) in [6.07, 6.45) is 2.27. The van der Waals surface area contributed by atoms with E-state index in [-0.39, 0.29) is 0 Å². The summed E-state index contributed by atoms with van der Waals surface area (Å²) in [4.78, 5) is 0. The summed E-state index contributed by atoms with van der Waals surface area (Å²) in [6.45, 7) is 2.16. The minimum Gasteiger partial charge on any atom is -0.361 e. The van der Waals surface area contributed by atoms with E-state index in [2.05, 4.69) is 12.1 Å². The first-order valence-corrected chi connectivity index (χ1v) is 4.39. The fourth-order valence-electron chi connectivity index (χ4n) is 1.61. The fraction of sp³-hybridized carbons (Fsp3) is 0.625. The van der Waals surface area contributed by atoms with Gasteiger partial charge in [-0.1, -0.05) is 12.1 Å².